The largest absolute Gasteiger partial charge is 0.443 e. The number of fused-ring (bicyclic) bond motifs is 1. The molecule has 0 aliphatic carbocycles. The van der Waals surface area contributed by atoms with E-state index in [1.165, 1.54) is 36.4 Å². The number of halogens is 2. The molecule has 0 fully saturated rings. The van der Waals surface area contributed by atoms with Crippen molar-refractivity contribution in [1.29, 1.82) is 0 Å². The van der Waals surface area contributed by atoms with Gasteiger partial charge in [0.05, 0.1) is 11.3 Å². The molecule has 6 nitrogen and oxygen atoms in total. The summed E-state index contributed by atoms with van der Waals surface area (Å²) in [5.41, 5.74) is -3.56. The molecule has 0 bridgehead atoms. The SMILES string of the molecule is CC(C)(C)OC(=O)N1C(=O)[C@](OC(=O)c2ccccc2)(c2ccc(F)cc2)c2cccc(F)c21. The Morgan fingerprint density at radius 2 is 1.53 bits per heavy atom. The fraction of sp³-hybridized carbons (Fsp3) is 0.192. The molecule has 34 heavy (non-hydrogen) atoms. The monoisotopic (exact) mass is 465 g/mol. The maximum atomic E-state index is 15.1. The van der Waals surface area contributed by atoms with Gasteiger partial charge in [0.25, 0.3) is 5.91 Å². The minimum absolute atomic E-state index is 0.0427. The van der Waals surface area contributed by atoms with E-state index in [-0.39, 0.29) is 16.7 Å². The van der Waals surface area contributed by atoms with E-state index in [9.17, 15) is 18.8 Å². The Balaban J connectivity index is 1.94. The highest BCUT2D eigenvalue weighted by atomic mass is 19.1. The minimum atomic E-state index is -2.25. The van der Waals surface area contributed by atoms with Gasteiger partial charge in [-0.25, -0.2) is 23.3 Å². The first kappa shape index (κ1) is 23.1. The zero-order valence-electron chi connectivity index (χ0n) is 18.7. The Morgan fingerprint density at radius 1 is 0.882 bits per heavy atom. The molecule has 0 N–H and O–H groups in total. The van der Waals surface area contributed by atoms with Crippen LogP contribution >= 0.6 is 0 Å². The first-order valence-electron chi connectivity index (χ1n) is 10.5. The van der Waals surface area contributed by atoms with Crippen LogP contribution in [0.2, 0.25) is 0 Å². The summed E-state index contributed by atoms with van der Waals surface area (Å²) >= 11 is 0. The van der Waals surface area contributed by atoms with Crippen molar-refractivity contribution in [3.63, 3.8) is 0 Å². The van der Waals surface area contributed by atoms with Crippen LogP contribution in [0.5, 0.6) is 0 Å². The highest BCUT2D eigenvalue weighted by Gasteiger charge is 2.59. The van der Waals surface area contributed by atoms with Crippen LogP contribution in [0.3, 0.4) is 0 Å². The number of rotatable bonds is 3. The van der Waals surface area contributed by atoms with E-state index in [0.29, 0.717) is 4.90 Å². The van der Waals surface area contributed by atoms with Crippen molar-refractivity contribution in [2.45, 2.75) is 32.0 Å². The fourth-order valence-electron chi connectivity index (χ4n) is 3.78. The van der Waals surface area contributed by atoms with Gasteiger partial charge in [0.1, 0.15) is 17.2 Å². The standard InChI is InChI=1S/C26H21F2NO5/c1-25(2,3)34-24(32)29-21-19(10-7-11-20(21)28)26(23(29)31,17-12-14-18(27)15-13-17)33-22(30)16-8-5-4-6-9-16/h4-15H,1-3H3/t26-/m0/s1. The fourth-order valence-corrected chi connectivity index (χ4v) is 3.78. The molecule has 1 heterocycles. The average molecular weight is 465 g/mol. The summed E-state index contributed by atoms with van der Waals surface area (Å²) < 4.78 is 40.0. The van der Waals surface area contributed by atoms with Crippen LogP contribution in [0.15, 0.2) is 72.8 Å². The summed E-state index contributed by atoms with van der Waals surface area (Å²) in [7, 11) is 0. The molecule has 1 aliphatic heterocycles. The van der Waals surface area contributed by atoms with Gasteiger partial charge in [-0.3, -0.25) is 4.79 Å². The van der Waals surface area contributed by atoms with Crippen LogP contribution in [0.1, 0.15) is 42.3 Å². The van der Waals surface area contributed by atoms with E-state index < -0.39 is 46.5 Å². The van der Waals surface area contributed by atoms with Gasteiger partial charge in [0, 0.05) is 11.1 Å². The van der Waals surface area contributed by atoms with Crippen molar-refractivity contribution < 1.29 is 32.6 Å². The average Bonchev–Trinajstić information content (AvgIpc) is 3.04. The van der Waals surface area contributed by atoms with Crippen LogP contribution in [0.4, 0.5) is 19.3 Å². The van der Waals surface area contributed by atoms with Gasteiger partial charge in [-0.2, -0.15) is 0 Å². The Labute approximate surface area is 194 Å². The number of hydrogen-bond acceptors (Lipinski definition) is 5. The Bertz CT molecular complexity index is 1270. The van der Waals surface area contributed by atoms with Gasteiger partial charge >= 0.3 is 12.1 Å². The van der Waals surface area contributed by atoms with Gasteiger partial charge in [0.15, 0.2) is 0 Å². The number of carbonyl (C=O) groups is 3. The lowest BCUT2D eigenvalue weighted by Crippen LogP contribution is -2.48. The third-order valence-electron chi connectivity index (χ3n) is 5.18. The maximum absolute atomic E-state index is 15.1. The van der Waals surface area contributed by atoms with E-state index in [1.807, 2.05) is 0 Å². The van der Waals surface area contributed by atoms with E-state index in [2.05, 4.69) is 0 Å². The molecular weight excluding hydrogens is 444 g/mol. The third kappa shape index (κ3) is 3.91. The van der Waals surface area contributed by atoms with Gasteiger partial charge in [0.2, 0.25) is 5.60 Å². The number of anilines is 1. The van der Waals surface area contributed by atoms with E-state index in [0.717, 1.165) is 18.2 Å². The molecule has 3 aromatic carbocycles. The van der Waals surface area contributed by atoms with Crippen LogP contribution < -0.4 is 4.90 Å². The third-order valence-corrected chi connectivity index (χ3v) is 5.18. The first-order chi connectivity index (χ1) is 16.0. The summed E-state index contributed by atoms with van der Waals surface area (Å²) in [5.74, 6) is -3.43. The van der Waals surface area contributed by atoms with Crippen molar-refractivity contribution in [3.8, 4) is 0 Å². The quantitative estimate of drug-likeness (QED) is 0.488. The zero-order valence-corrected chi connectivity index (χ0v) is 18.7. The number of amides is 2. The maximum Gasteiger partial charge on any atom is 0.421 e. The lowest BCUT2D eigenvalue weighted by atomic mass is 9.87. The van der Waals surface area contributed by atoms with E-state index in [4.69, 9.17) is 9.47 Å². The molecule has 0 saturated carbocycles. The number of imide groups is 1. The van der Waals surface area contributed by atoms with Crippen molar-refractivity contribution >= 4 is 23.7 Å². The summed E-state index contributed by atoms with van der Waals surface area (Å²) in [6.45, 7) is 4.78. The van der Waals surface area contributed by atoms with E-state index >= 15 is 4.39 Å². The molecule has 3 aromatic rings. The number of ether oxygens (including phenoxy) is 2. The topological polar surface area (TPSA) is 72.9 Å². The second kappa shape index (κ2) is 8.37. The molecular formula is C26H21F2NO5. The minimum Gasteiger partial charge on any atom is -0.443 e. The van der Waals surface area contributed by atoms with Gasteiger partial charge < -0.3 is 9.47 Å². The van der Waals surface area contributed by atoms with Crippen molar-refractivity contribution in [2.75, 3.05) is 4.90 Å². The Hall–Kier alpha value is -4.07. The number of benzene rings is 3. The molecule has 4 rings (SSSR count). The molecule has 0 saturated heterocycles. The molecule has 0 radical (unpaired) electrons. The predicted octanol–water partition coefficient (Wildman–Crippen LogP) is 5.35. The lowest BCUT2D eigenvalue weighted by molar-refractivity contribution is -0.133. The number of esters is 1. The van der Waals surface area contributed by atoms with Crippen molar-refractivity contribution in [2.24, 2.45) is 0 Å². The van der Waals surface area contributed by atoms with E-state index in [1.54, 1.807) is 39.0 Å². The number of para-hydroxylation sites is 1. The van der Waals surface area contributed by atoms with Crippen LogP contribution in [0, 0.1) is 11.6 Å². The highest BCUT2D eigenvalue weighted by Crippen LogP contribution is 2.49. The lowest BCUT2D eigenvalue weighted by Gasteiger charge is -2.29. The highest BCUT2D eigenvalue weighted by molar-refractivity contribution is 6.22. The summed E-state index contributed by atoms with van der Waals surface area (Å²) in [6, 6.07) is 16.3. The van der Waals surface area contributed by atoms with Gasteiger partial charge in [-0.05, 0) is 51.1 Å². The molecule has 1 atom stereocenters. The second-order valence-electron chi connectivity index (χ2n) is 8.70. The smallest absolute Gasteiger partial charge is 0.421 e. The Kier molecular flexibility index (Phi) is 5.69. The Morgan fingerprint density at radius 3 is 2.15 bits per heavy atom. The van der Waals surface area contributed by atoms with Gasteiger partial charge in [-0.1, -0.05) is 42.5 Å². The van der Waals surface area contributed by atoms with Gasteiger partial charge in [-0.15, -0.1) is 0 Å². The molecule has 0 unspecified atom stereocenters. The molecule has 0 aromatic heterocycles. The molecule has 0 spiro atoms. The molecule has 2 amide bonds. The van der Waals surface area contributed by atoms with Crippen molar-refractivity contribution in [3.05, 3.63) is 101 Å². The number of hydrogen-bond donors (Lipinski definition) is 0. The molecule has 174 valence electrons. The zero-order chi connectivity index (χ0) is 24.7. The van der Waals surface area contributed by atoms with Crippen LogP contribution in [0.25, 0.3) is 0 Å². The second-order valence-corrected chi connectivity index (χ2v) is 8.70. The first-order valence-corrected chi connectivity index (χ1v) is 10.5. The summed E-state index contributed by atoms with van der Waals surface area (Å²) in [6.07, 6.45) is -1.14. The summed E-state index contributed by atoms with van der Waals surface area (Å²) in [5, 5.41) is 0. The normalized spacial score (nSPS) is 17.3. The summed E-state index contributed by atoms with van der Waals surface area (Å²) in [4.78, 5) is 40.6. The predicted molar refractivity (Wildman–Crippen MR) is 119 cm³/mol. The number of carbonyl (C=O) groups excluding carboxylic acids is 3. The number of nitrogens with zero attached hydrogens (tertiary/aromatic N) is 1. The van der Waals surface area contributed by atoms with Crippen LogP contribution in [-0.2, 0) is 19.9 Å². The molecule has 1 aliphatic rings. The van der Waals surface area contributed by atoms with Crippen molar-refractivity contribution in [1.82, 2.24) is 0 Å². The molecule has 8 heteroatoms. The van der Waals surface area contributed by atoms with Crippen LogP contribution in [-0.4, -0.2) is 23.6 Å².